The summed E-state index contributed by atoms with van der Waals surface area (Å²) in [5.41, 5.74) is 4.67. The normalized spacial score (nSPS) is 19.5. The number of nitrogens with one attached hydrogen (secondary N) is 1. The van der Waals surface area contributed by atoms with Crippen LogP contribution < -0.4 is 10.1 Å². The summed E-state index contributed by atoms with van der Waals surface area (Å²) in [7, 11) is -2.03. The van der Waals surface area contributed by atoms with Crippen molar-refractivity contribution in [1.29, 1.82) is 0 Å². The Labute approximate surface area is 224 Å². The molecule has 2 aliphatic heterocycles. The van der Waals surface area contributed by atoms with E-state index in [4.69, 9.17) is 26.1 Å². The lowest BCUT2D eigenvalue weighted by molar-refractivity contribution is 0.00610. The molecule has 1 aromatic carbocycles. The van der Waals surface area contributed by atoms with Crippen LogP contribution in [-0.4, -0.2) is 81.7 Å². The van der Waals surface area contributed by atoms with E-state index in [-0.39, 0.29) is 4.90 Å². The molecule has 0 bridgehead atoms. The van der Waals surface area contributed by atoms with Crippen LogP contribution in [0.3, 0.4) is 0 Å². The zero-order valence-electron chi connectivity index (χ0n) is 21.5. The molecule has 8 nitrogen and oxygen atoms in total. The molecule has 0 atom stereocenters. The van der Waals surface area contributed by atoms with Crippen LogP contribution in [0.15, 0.2) is 35.2 Å². The smallest absolute Gasteiger partial charge is 0.243 e. The van der Waals surface area contributed by atoms with Crippen LogP contribution in [-0.2, 0) is 27.6 Å². The molecule has 0 saturated carbocycles. The van der Waals surface area contributed by atoms with Crippen molar-refractivity contribution in [3.05, 3.63) is 52.9 Å². The third-order valence-corrected chi connectivity index (χ3v) is 9.72. The molecule has 0 radical (unpaired) electrons. The number of allylic oxidation sites excluding steroid dienone is 1. The van der Waals surface area contributed by atoms with Crippen LogP contribution in [0.5, 0.6) is 5.75 Å². The molecule has 10 heteroatoms. The largest absolute Gasteiger partial charge is 0.496 e. The number of methoxy groups -OCH3 is 1. The number of fused-ring (bicyclic) bond motifs is 1. The highest BCUT2D eigenvalue weighted by Gasteiger charge is 2.32. The van der Waals surface area contributed by atoms with Crippen molar-refractivity contribution in [3.63, 3.8) is 0 Å². The topological polar surface area (TPSA) is 84.0 Å². The molecule has 5 rings (SSSR count). The van der Waals surface area contributed by atoms with E-state index in [2.05, 4.69) is 10.2 Å². The molecule has 3 aliphatic rings. The van der Waals surface area contributed by atoms with Gasteiger partial charge in [0.05, 0.1) is 30.9 Å². The van der Waals surface area contributed by atoms with Crippen molar-refractivity contribution in [2.24, 2.45) is 0 Å². The van der Waals surface area contributed by atoms with Crippen LogP contribution in [0, 0.1) is 0 Å². The van der Waals surface area contributed by atoms with Crippen molar-refractivity contribution in [2.45, 2.75) is 43.5 Å². The highest BCUT2D eigenvalue weighted by Crippen LogP contribution is 2.37. The number of hydrogen-bond acceptors (Lipinski definition) is 7. The summed E-state index contributed by atoms with van der Waals surface area (Å²) in [6.45, 7) is 7.24. The fraction of sp³-hybridized carbons (Fsp3) is 0.519. The Morgan fingerprint density at radius 3 is 2.62 bits per heavy atom. The number of rotatable bonds is 8. The zero-order chi connectivity index (χ0) is 26.0. The van der Waals surface area contributed by atoms with Crippen LogP contribution in [0.4, 0.5) is 5.69 Å². The number of anilines is 1. The molecule has 1 aromatic heterocycles. The van der Waals surface area contributed by atoms with Gasteiger partial charge >= 0.3 is 0 Å². The minimum atomic E-state index is -3.60. The Kier molecular flexibility index (Phi) is 8.07. The standard InChI is InChI=1S/C27H35ClN4O4S/c1-3-29-25-17-20(30-24-7-6-23(28)27(24)25)16-19-4-5-22(18-26(19)35-2)37(33,34)32-10-8-21(9-11-32)31-12-14-36-15-13-31/h4-6,17-18,21H,3,7-16H2,1-2H3,(H,29,30). The van der Waals surface area contributed by atoms with Gasteiger partial charge in [-0.05, 0) is 31.9 Å². The Balaban J connectivity index is 1.32. The second kappa shape index (κ2) is 11.3. The summed E-state index contributed by atoms with van der Waals surface area (Å²) >= 11 is 6.41. The first-order valence-electron chi connectivity index (χ1n) is 13.0. The highest BCUT2D eigenvalue weighted by molar-refractivity contribution is 7.89. The van der Waals surface area contributed by atoms with E-state index in [1.54, 1.807) is 23.5 Å². The summed E-state index contributed by atoms with van der Waals surface area (Å²) in [4.78, 5) is 7.54. The van der Waals surface area contributed by atoms with E-state index in [9.17, 15) is 8.42 Å². The molecular formula is C27H35ClN4O4S. The molecule has 1 aliphatic carbocycles. The van der Waals surface area contributed by atoms with E-state index in [1.165, 1.54) is 0 Å². The fourth-order valence-corrected chi connectivity index (χ4v) is 7.32. The number of benzene rings is 1. The third-order valence-electron chi connectivity index (χ3n) is 7.48. The summed E-state index contributed by atoms with van der Waals surface area (Å²) in [6, 6.07) is 7.63. The molecule has 0 unspecified atom stereocenters. The number of sulfonamides is 1. The van der Waals surface area contributed by atoms with E-state index in [1.807, 2.05) is 25.1 Å². The van der Waals surface area contributed by atoms with Gasteiger partial charge in [0.1, 0.15) is 5.75 Å². The molecule has 3 heterocycles. The van der Waals surface area contributed by atoms with Gasteiger partial charge in [-0.3, -0.25) is 9.88 Å². The highest BCUT2D eigenvalue weighted by atomic mass is 35.5. The lowest BCUT2D eigenvalue weighted by atomic mass is 10.0. The van der Waals surface area contributed by atoms with Gasteiger partial charge in [0.2, 0.25) is 10.0 Å². The second-order valence-corrected chi connectivity index (χ2v) is 12.0. The van der Waals surface area contributed by atoms with Crippen LogP contribution in [0.2, 0.25) is 0 Å². The quantitative estimate of drug-likeness (QED) is 0.540. The molecule has 1 N–H and O–H groups in total. The Bertz CT molecular complexity index is 1270. The number of pyridine rings is 1. The molecular weight excluding hydrogens is 512 g/mol. The van der Waals surface area contributed by atoms with Gasteiger partial charge in [-0.2, -0.15) is 4.31 Å². The molecule has 0 amide bonds. The van der Waals surface area contributed by atoms with Gasteiger partial charge in [-0.1, -0.05) is 23.7 Å². The van der Waals surface area contributed by atoms with Crippen molar-refractivity contribution in [3.8, 4) is 5.75 Å². The SMILES string of the molecule is CCNc1cc(Cc2ccc(S(=O)(=O)N3CCC(N4CCOCC4)CC3)cc2OC)nc2c1C(Cl)=CC2. The molecule has 0 spiro atoms. The number of nitrogens with zero attached hydrogens (tertiary/aromatic N) is 3. The van der Waals surface area contributed by atoms with Gasteiger partial charge in [0.15, 0.2) is 0 Å². The summed E-state index contributed by atoms with van der Waals surface area (Å²) in [5.74, 6) is 0.549. The molecule has 200 valence electrons. The van der Waals surface area contributed by atoms with Crippen molar-refractivity contribution in [2.75, 3.05) is 58.4 Å². The zero-order valence-corrected chi connectivity index (χ0v) is 23.1. The average Bonchev–Trinajstić information content (AvgIpc) is 3.30. The Morgan fingerprint density at radius 1 is 1.16 bits per heavy atom. The van der Waals surface area contributed by atoms with Crippen molar-refractivity contribution < 1.29 is 17.9 Å². The fourth-order valence-electron chi connectivity index (χ4n) is 5.54. The van der Waals surface area contributed by atoms with Crippen LogP contribution in [0.1, 0.15) is 42.3 Å². The summed E-state index contributed by atoms with van der Waals surface area (Å²) in [5, 5.41) is 4.12. The number of morpholine rings is 1. The Hall–Kier alpha value is -2.17. The molecule has 2 aromatic rings. The monoisotopic (exact) mass is 546 g/mol. The first kappa shape index (κ1) is 26.4. The maximum Gasteiger partial charge on any atom is 0.243 e. The maximum atomic E-state index is 13.5. The Morgan fingerprint density at radius 2 is 1.92 bits per heavy atom. The molecule has 37 heavy (non-hydrogen) atoms. The predicted octanol–water partition coefficient (Wildman–Crippen LogP) is 3.73. The number of hydrogen-bond donors (Lipinski definition) is 1. The first-order chi connectivity index (χ1) is 17.9. The van der Waals surface area contributed by atoms with Gasteiger partial charge < -0.3 is 14.8 Å². The minimum Gasteiger partial charge on any atom is -0.496 e. The maximum absolute atomic E-state index is 13.5. The van der Waals surface area contributed by atoms with Crippen molar-refractivity contribution in [1.82, 2.24) is 14.2 Å². The minimum absolute atomic E-state index is 0.268. The average molecular weight is 547 g/mol. The predicted molar refractivity (Wildman–Crippen MR) is 146 cm³/mol. The summed E-state index contributed by atoms with van der Waals surface area (Å²) < 4.78 is 39.7. The van der Waals surface area contributed by atoms with Gasteiger partial charge in [-0.15, -0.1) is 0 Å². The lowest BCUT2D eigenvalue weighted by Crippen LogP contribution is -2.50. The number of halogens is 1. The number of piperidine rings is 1. The molecule has 2 saturated heterocycles. The van der Waals surface area contributed by atoms with Gasteiger partial charge in [0, 0.05) is 85.2 Å². The third kappa shape index (κ3) is 5.52. The van der Waals surface area contributed by atoms with E-state index < -0.39 is 10.0 Å². The first-order valence-corrected chi connectivity index (χ1v) is 14.8. The van der Waals surface area contributed by atoms with Crippen molar-refractivity contribution >= 4 is 32.3 Å². The lowest BCUT2D eigenvalue weighted by Gasteiger charge is -2.39. The second-order valence-electron chi connectivity index (χ2n) is 9.70. The number of ether oxygens (including phenoxy) is 2. The van der Waals surface area contributed by atoms with E-state index in [0.717, 1.165) is 78.9 Å². The van der Waals surface area contributed by atoms with E-state index >= 15 is 0 Å². The number of aromatic nitrogens is 1. The van der Waals surface area contributed by atoms with Crippen LogP contribution in [0.25, 0.3) is 5.03 Å². The van der Waals surface area contributed by atoms with E-state index in [0.29, 0.717) is 37.7 Å². The van der Waals surface area contributed by atoms with Gasteiger partial charge in [-0.25, -0.2) is 8.42 Å². The summed E-state index contributed by atoms with van der Waals surface area (Å²) in [6.07, 6.45) is 4.89. The van der Waals surface area contributed by atoms with Crippen LogP contribution >= 0.6 is 11.6 Å². The van der Waals surface area contributed by atoms with Gasteiger partial charge in [0.25, 0.3) is 0 Å². The molecule has 2 fully saturated rings.